The highest BCUT2D eigenvalue weighted by molar-refractivity contribution is 9.10. The number of hydrogen-bond acceptors (Lipinski definition) is 2. The van der Waals surface area contributed by atoms with Gasteiger partial charge in [-0.2, -0.15) is 0 Å². The zero-order valence-electron chi connectivity index (χ0n) is 7.18. The van der Waals surface area contributed by atoms with Crippen LogP contribution in [0.1, 0.15) is 5.82 Å². The third kappa shape index (κ3) is 1.60. The van der Waals surface area contributed by atoms with Crippen LogP contribution >= 0.6 is 27.5 Å². The van der Waals surface area contributed by atoms with Crippen LogP contribution in [0.15, 0.2) is 16.6 Å². The van der Waals surface area contributed by atoms with Crippen molar-refractivity contribution in [1.82, 2.24) is 9.97 Å². The van der Waals surface area contributed by atoms with Crippen LogP contribution in [-0.2, 0) is 0 Å². The Balaban J connectivity index is 2.89. The average molecular weight is 276 g/mol. The van der Waals surface area contributed by atoms with Gasteiger partial charge >= 0.3 is 0 Å². The summed E-state index contributed by atoms with van der Waals surface area (Å²) in [6.07, 6.45) is 0. The molecule has 0 aliphatic rings. The van der Waals surface area contributed by atoms with E-state index in [1.54, 1.807) is 13.0 Å². The lowest BCUT2D eigenvalue weighted by Crippen LogP contribution is -1.91. The lowest BCUT2D eigenvalue weighted by atomic mass is 10.2. The standard InChI is InChI=1S/C9H5BrClFN2/c1-4-13-8-3-6(10)7(12)2-5(8)9(11)14-4/h2-3H,1H3. The molecular weight excluding hydrogens is 270 g/mol. The topological polar surface area (TPSA) is 25.8 Å². The Morgan fingerprint density at radius 1 is 1.36 bits per heavy atom. The summed E-state index contributed by atoms with van der Waals surface area (Å²) < 4.78 is 13.5. The molecule has 0 saturated heterocycles. The number of rotatable bonds is 0. The molecule has 0 fully saturated rings. The molecule has 0 saturated carbocycles. The van der Waals surface area contributed by atoms with Crippen LogP contribution in [0, 0.1) is 12.7 Å². The zero-order valence-corrected chi connectivity index (χ0v) is 9.52. The van der Waals surface area contributed by atoms with E-state index in [1.165, 1.54) is 6.07 Å². The number of aryl methyl sites for hydroxylation is 1. The van der Waals surface area contributed by atoms with Crippen LogP contribution in [0.4, 0.5) is 4.39 Å². The van der Waals surface area contributed by atoms with Crippen molar-refractivity contribution in [2.75, 3.05) is 0 Å². The molecule has 1 heterocycles. The van der Waals surface area contributed by atoms with E-state index in [2.05, 4.69) is 25.9 Å². The predicted molar refractivity (Wildman–Crippen MR) is 56.9 cm³/mol. The zero-order chi connectivity index (χ0) is 10.3. The Morgan fingerprint density at radius 3 is 2.79 bits per heavy atom. The van der Waals surface area contributed by atoms with Crippen LogP contribution in [0.25, 0.3) is 10.9 Å². The van der Waals surface area contributed by atoms with Crippen molar-refractivity contribution in [2.45, 2.75) is 6.92 Å². The molecule has 2 rings (SSSR count). The molecule has 0 radical (unpaired) electrons. The molecule has 0 bridgehead atoms. The van der Waals surface area contributed by atoms with Gasteiger partial charge in [-0.3, -0.25) is 0 Å². The largest absolute Gasteiger partial charge is 0.233 e. The Labute approximate surface area is 93.3 Å². The second-order valence-electron chi connectivity index (χ2n) is 2.85. The van der Waals surface area contributed by atoms with E-state index in [9.17, 15) is 4.39 Å². The fourth-order valence-corrected chi connectivity index (χ4v) is 1.80. The first-order valence-corrected chi connectivity index (χ1v) is 5.04. The fraction of sp³-hybridized carbons (Fsp3) is 0.111. The number of hydrogen-bond donors (Lipinski definition) is 0. The molecule has 0 aliphatic carbocycles. The summed E-state index contributed by atoms with van der Waals surface area (Å²) in [5, 5.41) is 0.803. The monoisotopic (exact) mass is 274 g/mol. The van der Waals surface area contributed by atoms with Gasteiger partial charge in [-0.1, -0.05) is 11.6 Å². The van der Waals surface area contributed by atoms with E-state index in [0.717, 1.165) is 0 Å². The van der Waals surface area contributed by atoms with Gasteiger partial charge in [-0.15, -0.1) is 0 Å². The smallest absolute Gasteiger partial charge is 0.140 e. The summed E-state index contributed by atoms with van der Waals surface area (Å²) in [6.45, 7) is 1.74. The number of nitrogens with zero attached hydrogens (tertiary/aromatic N) is 2. The first-order chi connectivity index (χ1) is 6.58. The summed E-state index contributed by atoms with van der Waals surface area (Å²) in [5.41, 5.74) is 0.635. The third-order valence-electron chi connectivity index (χ3n) is 1.80. The molecule has 1 aromatic heterocycles. The van der Waals surface area contributed by atoms with Gasteiger partial charge in [0.25, 0.3) is 0 Å². The van der Waals surface area contributed by atoms with Gasteiger partial charge in [0.2, 0.25) is 0 Å². The highest BCUT2D eigenvalue weighted by Crippen LogP contribution is 2.26. The van der Waals surface area contributed by atoms with Gasteiger partial charge in [0.05, 0.1) is 9.99 Å². The van der Waals surface area contributed by atoms with Crippen molar-refractivity contribution in [3.63, 3.8) is 0 Å². The summed E-state index contributed by atoms with van der Waals surface area (Å²) in [5.74, 6) is 0.202. The molecule has 1 aromatic carbocycles. The molecule has 0 amide bonds. The van der Waals surface area contributed by atoms with E-state index in [0.29, 0.717) is 21.2 Å². The van der Waals surface area contributed by atoms with Crippen molar-refractivity contribution in [2.24, 2.45) is 0 Å². The van der Waals surface area contributed by atoms with Crippen molar-refractivity contribution in [3.05, 3.63) is 33.4 Å². The maximum atomic E-state index is 13.2. The van der Waals surface area contributed by atoms with Gasteiger partial charge in [-0.05, 0) is 35.0 Å². The van der Waals surface area contributed by atoms with Crippen LogP contribution in [0.3, 0.4) is 0 Å². The second kappa shape index (κ2) is 3.44. The Morgan fingerprint density at radius 2 is 2.07 bits per heavy atom. The van der Waals surface area contributed by atoms with Crippen LogP contribution in [0.5, 0.6) is 0 Å². The molecule has 0 atom stereocenters. The molecule has 72 valence electrons. The maximum Gasteiger partial charge on any atom is 0.140 e. The van der Waals surface area contributed by atoms with E-state index >= 15 is 0 Å². The Hall–Kier alpha value is -0.740. The molecular formula is C9H5BrClFN2. The van der Waals surface area contributed by atoms with E-state index in [-0.39, 0.29) is 11.0 Å². The molecule has 0 spiro atoms. The van der Waals surface area contributed by atoms with Crippen molar-refractivity contribution < 1.29 is 4.39 Å². The van der Waals surface area contributed by atoms with E-state index in [4.69, 9.17) is 11.6 Å². The van der Waals surface area contributed by atoms with Gasteiger partial charge in [0, 0.05) is 5.39 Å². The number of halogens is 3. The first-order valence-electron chi connectivity index (χ1n) is 3.87. The molecule has 2 nitrogen and oxygen atoms in total. The number of benzene rings is 1. The van der Waals surface area contributed by atoms with Crippen LogP contribution in [-0.4, -0.2) is 9.97 Å². The highest BCUT2D eigenvalue weighted by atomic mass is 79.9. The lowest BCUT2D eigenvalue weighted by molar-refractivity contribution is 0.623. The summed E-state index contributed by atoms with van der Waals surface area (Å²) in [6, 6.07) is 2.91. The summed E-state index contributed by atoms with van der Waals surface area (Å²) >= 11 is 8.94. The molecule has 0 unspecified atom stereocenters. The molecule has 2 aromatic rings. The molecule has 5 heteroatoms. The lowest BCUT2D eigenvalue weighted by Gasteiger charge is -2.02. The van der Waals surface area contributed by atoms with Gasteiger partial charge in [-0.25, -0.2) is 14.4 Å². The third-order valence-corrected chi connectivity index (χ3v) is 2.70. The summed E-state index contributed by atoms with van der Waals surface area (Å²) in [7, 11) is 0. The molecule has 0 aliphatic heterocycles. The Kier molecular flexibility index (Phi) is 2.41. The maximum absolute atomic E-state index is 13.2. The first kappa shape index (κ1) is 9.80. The van der Waals surface area contributed by atoms with Crippen molar-refractivity contribution in [3.8, 4) is 0 Å². The minimum Gasteiger partial charge on any atom is -0.233 e. The average Bonchev–Trinajstić information content (AvgIpc) is 2.08. The fourth-order valence-electron chi connectivity index (χ4n) is 1.20. The minimum absolute atomic E-state index is 0.277. The summed E-state index contributed by atoms with van der Waals surface area (Å²) in [4.78, 5) is 8.09. The normalized spacial score (nSPS) is 10.9. The van der Waals surface area contributed by atoms with Crippen LogP contribution < -0.4 is 0 Å². The van der Waals surface area contributed by atoms with Crippen molar-refractivity contribution >= 4 is 38.4 Å². The SMILES string of the molecule is Cc1nc(Cl)c2cc(F)c(Br)cc2n1. The molecule has 0 N–H and O–H groups in total. The van der Waals surface area contributed by atoms with Gasteiger partial charge in [0.1, 0.15) is 16.8 Å². The number of aromatic nitrogens is 2. The Bertz CT molecular complexity index is 516. The molecule has 14 heavy (non-hydrogen) atoms. The predicted octanol–water partition coefficient (Wildman–Crippen LogP) is 3.49. The van der Waals surface area contributed by atoms with Gasteiger partial charge < -0.3 is 0 Å². The van der Waals surface area contributed by atoms with Crippen LogP contribution in [0.2, 0.25) is 5.15 Å². The van der Waals surface area contributed by atoms with E-state index in [1.807, 2.05) is 0 Å². The number of fused-ring (bicyclic) bond motifs is 1. The highest BCUT2D eigenvalue weighted by Gasteiger charge is 2.07. The quantitative estimate of drug-likeness (QED) is 0.688. The van der Waals surface area contributed by atoms with Crippen molar-refractivity contribution in [1.29, 1.82) is 0 Å². The van der Waals surface area contributed by atoms with Gasteiger partial charge in [0.15, 0.2) is 0 Å². The second-order valence-corrected chi connectivity index (χ2v) is 4.06. The minimum atomic E-state index is -0.369. The van der Waals surface area contributed by atoms with E-state index < -0.39 is 0 Å².